The Labute approximate surface area is 136 Å². The van der Waals surface area contributed by atoms with Gasteiger partial charge in [0, 0.05) is 11.7 Å². The Morgan fingerprint density at radius 2 is 1.73 bits per heavy atom. The highest BCUT2D eigenvalue weighted by atomic mass is 32.1. The summed E-state index contributed by atoms with van der Waals surface area (Å²) in [6.45, 7) is 5.97. The van der Waals surface area contributed by atoms with Gasteiger partial charge in [0.15, 0.2) is 4.99 Å². The zero-order valence-corrected chi connectivity index (χ0v) is 13.8. The maximum atomic E-state index is 12.2. The monoisotopic (exact) mass is 312 g/mol. The van der Waals surface area contributed by atoms with Crippen LogP contribution in [0, 0.1) is 13.8 Å². The molecular weight excluding hydrogens is 292 g/mol. The standard InChI is InChI=1S/C18H20N2OS/c1-12-8-7-11-16(13(12)2)20-17(21)18(22)19-14(3)15-9-5-4-6-10-15/h4-11,14H,1-3H3,(H,19,22)(H,20,21)/t14-/m1/s1. The smallest absolute Gasteiger partial charge is 0.283 e. The Bertz CT molecular complexity index is 683. The number of amides is 1. The lowest BCUT2D eigenvalue weighted by atomic mass is 10.1. The SMILES string of the molecule is Cc1cccc(NC(=O)C(=S)N[C@H](C)c2ccccc2)c1C. The third-order valence-corrected chi connectivity index (χ3v) is 4.01. The molecule has 0 fully saturated rings. The van der Waals surface area contributed by atoms with Gasteiger partial charge < -0.3 is 10.6 Å². The van der Waals surface area contributed by atoms with Gasteiger partial charge in [-0.05, 0) is 43.5 Å². The van der Waals surface area contributed by atoms with Gasteiger partial charge in [0.2, 0.25) is 0 Å². The summed E-state index contributed by atoms with van der Waals surface area (Å²) in [5, 5.41) is 5.93. The van der Waals surface area contributed by atoms with Crippen LogP contribution in [0.25, 0.3) is 0 Å². The average molecular weight is 312 g/mol. The summed E-state index contributed by atoms with van der Waals surface area (Å²) in [5.41, 5.74) is 4.06. The first-order chi connectivity index (χ1) is 10.5. The van der Waals surface area contributed by atoms with Crippen LogP contribution >= 0.6 is 12.2 Å². The van der Waals surface area contributed by atoms with Crippen molar-refractivity contribution in [3.05, 3.63) is 65.2 Å². The van der Waals surface area contributed by atoms with Gasteiger partial charge in [-0.25, -0.2) is 0 Å². The molecule has 114 valence electrons. The van der Waals surface area contributed by atoms with E-state index in [0.29, 0.717) is 0 Å². The lowest BCUT2D eigenvalue weighted by Crippen LogP contribution is -2.35. The minimum Gasteiger partial charge on any atom is -0.365 e. The van der Waals surface area contributed by atoms with Gasteiger partial charge in [-0.1, -0.05) is 54.7 Å². The maximum Gasteiger partial charge on any atom is 0.283 e. The Morgan fingerprint density at radius 1 is 1.05 bits per heavy atom. The van der Waals surface area contributed by atoms with Crippen LogP contribution in [0.5, 0.6) is 0 Å². The Hall–Kier alpha value is -2.20. The van der Waals surface area contributed by atoms with Crippen LogP contribution < -0.4 is 10.6 Å². The number of carbonyl (C=O) groups excluding carboxylic acids is 1. The molecule has 0 radical (unpaired) electrons. The van der Waals surface area contributed by atoms with Crippen molar-refractivity contribution < 1.29 is 4.79 Å². The normalized spacial score (nSPS) is 11.6. The first kappa shape index (κ1) is 16.2. The molecule has 0 saturated heterocycles. The summed E-state index contributed by atoms with van der Waals surface area (Å²) >= 11 is 5.21. The molecular formula is C18H20N2OS. The summed E-state index contributed by atoms with van der Waals surface area (Å²) in [7, 11) is 0. The Kier molecular flexibility index (Phi) is 5.28. The number of carbonyl (C=O) groups is 1. The third-order valence-electron chi connectivity index (χ3n) is 3.71. The van der Waals surface area contributed by atoms with Crippen LogP contribution in [-0.2, 0) is 4.79 Å². The number of hydrogen-bond donors (Lipinski definition) is 2. The van der Waals surface area contributed by atoms with Crippen LogP contribution in [0.15, 0.2) is 48.5 Å². The van der Waals surface area contributed by atoms with E-state index in [-0.39, 0.29) is 16.9 Å². The van der Waals surface area contributed by atoms with Gasteiger partial charge in [0.25, 0.3) is 5.91 Å². The molecule has 0 heterocycles. The molecule has 2 N–H and O–H groups in total. The lowest BCUT2D eigenvalue weighted by molar-refractivity contribution is -0.110. The average Bonchev–Trinajstić information content (AvgIpc) is 2.52. The van der Waals surface area contributed by atoms with Crippen molar-refractivity contribution >= 4 is 28.8 Å². The first-order valence-electron chi connectivity index (χ1n) is 7.22. The maximum absolute atomic E-state index is 12.2. The molecule has 1 atom stereocenters. The highest BCUT2D eigenvalue weighted by Gasteiger charge is 2.14. The van der Waals surface area contributed by atoms with Gasteiger partial charge in [-0.15, -0.1) is 0 Å². The zero-order chi connectivity index (χ0) is 16.1. The van der Waals surface area contributed by atoms with Gasteiger partial charge in [-0.3, -0.25) is 4.79 Å². The Morgan fingerprint density at radius 3 is 2.41 bits per heavy atom. The van der Waals surface area contributed by atoms with E-state index in [4.69, 9.17) is 12.2 Å². The summed E-state index contributed by atoms with van der Waals surface area (Å²) in [5.74, 6) is -0.286. The fourth-order valence-corrected chi connectivity index (χ4v) is 2.38. The van der Waals surface area contributed by atoms with Crippen molar-refractivity contribution in [3.8, 4) is 0 Å². The van der Waals surface area contributed by atoms with Crippen LogP contribution in [0.3, 0.4) is 0 Å². The summed E-state index contributed by atoms with van der Waals surface area (Å²) in [6.07, 6.45) is 0. The molecule has 3 nitrogen and oxygen atoms in total. The fourth-order valence-electron chi connectivity index (χ4n) is 2.15. The Balaban J connectivity index is 2.01. The molecule has 1 amide bonds. The molecule has 0 aromatic heterocycles. The van der Waals surface area contributed by atoms with Gasteiger partial charge >= 0.3 is 0 Å². The number of nitrogens with one attached hydrogen (secondary N) is 2. The number of hydrogen-bond acceptors (Lipinski definition) is 2. The topological polar surface area (TPSA) is 41.1 Å². The number of thiocarbonyl (C=S) groups is 1. The molecule has 0 aliphatic carbocycles. The molecule has 0 bridgehead atoms. The minimum absolute atomic E-state index is 0.0157. The van der Waals surface area contributed by atoms with Gasteiger partial charge in [0.1, 0.15) is 0 Å². The predicted molar refractivity (Wildman–Crippen MR) is 95.1 cm³/mol. The fraction of sp³-hybridized carbons (Fsp3) is 0.222. The molecule has 2 aromatic rings. The second-order valence-electron chi connectivity index (χ2n) is 5.31. The highest BCUT2D eigenvalue weighted by molar-refractivity contribution is 7.82. The quantitative estimate of drug-likeness (QED) is 0.844. The number of aryl methyl sites for hydroxylation is 1. The molecule has 0 aliphatic heterocycles. The molecule has 0 unspecified atom stereocenters. The van der Waals surface area contributed by atoms with Crippen molar-refractivity contribution in [2.24, 2.45) is 0 Å². The van der Waals surface area contributed by atoms with E-state index in [1.54, 1.807) is 0 Å². The van der Waals surface area contributed by atoms with Crippen LogP contribution in [0.1, 0.15) is 29.7 Å². The van der Waals surface area contributed by atoms with E-state index in [1.165, 1.54) is 0 Å². The van der Waals surface area contributed by atoms with E-state index in [0.717, 1.165) is 22.4 Å². The van der Waals surface area contributed by atoms with Crippen LogP contribution in [0.2, 0.25) is 0 Å². The number of anilines is 1. The predicted octanol–water partition coefficient (Wildman–Crippen LogP) is 3.92. The molecule has 2 aromatic carbocycles. The lowest BCUT2D eigenvalue weighted by Gasteiger charge is -2.17. The summed E-state index contributed by atoms with van der Waals surface area (Å²) < 4.78 is 0. The number of rotatable bonds is 3. The van der Waals surface area contributed by atoms with Gasteiger partial charge in [0.05, 0.1) is 0 Å². The van der Waals surface area contributed by atoms with Crippen molar-refractivity contribution in [2.75, 3.05) is 5.32 Å². The van der Waals surface area contributed by atoms with Crippen molar-refractivity contribution in [1.29, 1.82) is 0 Å². The van der Waals surface area contributed by atoms with E-state index >= 15 is 0 Å². The first-order valence-corrected chi connectivity index (χ1v) is 7.63. The molecule has 0 spiro atoms. The van der Waals surface area contributed by atoms with Gasteiger partial charge in [-0.2, -0.15) is 0 Å². The van der Waals surface area contributed by atoms with E-state index in [1.807, 2.05) is 69.3 Å². The molecule has 2 rings (SSSR count). The second kappa shape index (κ2) is 7.18. The van der Waals surface area contributed by atoms with Crippen molar-refractivity contribution in [3.63, 3.8) is 0 Å². The molecule has 0 aliphatic rings. The van der Waals surface area contributed by atoms with Crippen LogP contribution in [0.4, 0.5) is 5.69 Å². The van der Waals surface area contributed by atoms with E-state index in [2.05, 4.69) is 10.6 Å². The number of benzene rings is 2. The van der Waals surface area contributed by atoms with Crippen molar-refractivity contribution in [2.45, 2.75) is 26.8 Å². The minimum atomic E-state index is -0.286. The highest BCUT2D eigenvalue weighted by Crippen LogP contribution is 2.18. The zero-order valence-electron chi connectivity index (χ0n) is 13.0. The molecule has 4 heteroatoms. The summed E-state index contributed by atoms with van der Waals surface area (Å²) in [6, 6.07) is 15.7. The van der Waals surface area contributed by atoms with Crippen LogP contribution in [-0.4, -0.2) is 10.9 Å². The second-order valence-corrected chi connectivity index (χ2v) is 5.72. The molecule has 0 saturated carbocycles. The van der Waals surface area contributed by atoms with E-state index in [9.17, 15) is 4.79 Å². The molecule has 22 heavy (non-hydrogen) atoms. The largest absolute Gasteiger partial charge is 0.365 e. The van der Waals surface area contributed by atoms with Crippen molar-refractivity contribution in [1.82, 2.24) is 5.32 Å². The van der Waals surface area contributed by atoms with E-state index < -0.39 is 0 Å². The third kappa shape index (κ3) is 3.92. The summed E-state index contributed by atoms with van der Waals surface area (Å²) in [4.78, 5) is 12.4.